The molecule has 22 heavy (non-hydrogen) atoms. The number of fused-ring (bicyclic) bond motifs is 1. The molecule has 4 rings (SSSR count). The Bertz CT molecular complexity index is 930. The fraction of sp³-hybridized carbons (Fsp3) is 0. The largest absolute Gasteiger partial charge is 0.275 e. The summed E-state index contributed by atoms with van der Waals surface area (Å²) >= 11 is 5.85. The molecule has 0 aliphatic carbocycles. The number of para-hydroxylation sites is 2. The summed E-state index contributed by atoms with van der Waals surface area (Å²) < 4.78 is 1.99. The highest BCUT2D eigenvalue weighted by molar-refractivity contribution is 6.29. The summed E-state index contributed by atoms with van der Waals surface area (Å²) in [5, 5.41) is 8.51. The van der Waals surface area contributed by atoms with Gasteiger partial charge in [0.15, 0.2) is 11.0 Å². The van der Waals surface area contributed by atoms with Gasteiger partial charge in [-0.1, -0.05) is 54.1 Å². The second kappa shape index (κ2) is 5.24. The van der Waals surface area contributed by atoms with Gasteiger partial charge in [0.25, 0.3) is 0 Å². The summed E-state index contributed by atoms with van der Waals surface area (Å²) in [6.07, 6.45) is 0. The molecule has 4 aromatic rings. The molecule has 106 valence electrons. The van der Waals surface area contributed by atoms with Crippen LogP contribution in [0.15, 0.2) is 66.7 Å². The van der Waals surface area contributed by atoms with Crippen LogP contribution in [0, 0.1) is 0 Å². The average molecular weight is 307 g/mol. The molecule has 0 fully saturated rings. The van der Waals surface area contributed by atoms with E-state index in [1.165, 1.54) is 0 Å². The molecule has 0 spiro atoms. The predicted molar refractivity (Wildman–Crippen MR) is 87.1 cm³/mol. The van der Waals surface area contributed by atoms with Gasteiger partial charge in [0.2, 0.25) is 0 Å². The molecule has 0 bridgehead atoms. The Kier molecular flexibility index (Phi) is 3.09. The van der Waals surface area contributed by atoms with Gasteiger partial charge >= 0.3 is 0 Å². The van der Waals surface area contributed by atoms with E-state index in [0.29, 0.717) is 11.0 Å². The van der Waals surface area contributed by atoms with E-state index in [1.54, 1.807) is 6.07 Å². The van der Waals surface area contributed by atoms with Crippen LogP contribution in [0.3, 0.4) is 0 Å². The highest BCUT2D eigenvalue weighted by atomic mass is 35.5. The Morgan fingerprint density at radius 3 is 2.32 bits per heavy atom. The molecule has 0 amide bonds. The van der Waals surface area contributed by atoms with Gasteiger partial charge in [0.05, 0.1) is 11.0 Å². The van der Waals surface area contributed by atoms with E-state index < -0.39 is 0 Å². The lowest BCUT2D eigenvalue weighted by Gasteiger charge is -2.07. The van der Waals surface area contributed by atoms with Gasteiger partial charge in [-0.25, -0.2) is 4.98 Å². The van der Waals surface area contributed by atoms with E-state index in [0.717, 1.165) is 22.4 Å². The predicted octanol–water partition coefficient (Wildman–Crippen LogP) is 4.14. The Morgan fingerprint density at radius 1 is 0.773 bits per heavy atom. The van der Waals surface area contributed by atoms with Crippen LogP contribution in [0.1, 0.15) is 0 Å². The number of halogens is 1. The van der Waals surface area contributed by atoms with Crippen LogP contribution in [0.4, 0.5) is 0 Å². The summed E-state index contributed by atoms with van der Waals surface area (Å²) in [6.45, 7) is 0. The molecule has 0 aliphatic heterocycles. The Balaban J connectivity index is 2.04. The molecule has 0 radical (unpaired) electrons. The molecule has 0 atom stereocenters. The van der Waals surface area contributed by atoms with Crippen LogP contribution < -0.4 is 0 Å². The fourth-order valence-corrected chi connectivity index (χ4v) is 2.57. The van der Waals surface area contributed by atoms with Crippen LogP contribution >= 0.6 is 11.6 Å². The standard InChI is InChI=1S/C17H11ClN4/c18-15-10-11-16(21-20-15)22-14-9-5-4-8-13(14)19-17(22)12-6-2-1-3-7-12/h1-11H. The minimum absolute atomic E-state index is 0.370. The molecule has 0 saturated carbocycles. The first kappa shape index (κ1) is 13.0. The summed E-state index contributed by atoms with van der Waals surface area (Å²) in [6, 6.07) is 21.6. The van der Waals surface area contributed by atoms with Gasteiger partial charge in [-0.3, -0.25) is 4.57 Å². The quantitative estimate of drug-likeness (QED) is 0.559. The highest BCUT2D eigenvalue weighted by Crippen LogP contribution is 2.27. The van der Waals surface area contributed by atoms with Crippen LogP contribution in [-0.4, -0.2) is 19.7 Å². The smallest absolute Gasteiger partial charge is 0.161 e. The lowest BCUT2D eigenvalue weighted by atomic mass is 10.2. The Labute approximate surface area is 132 Å². The van der Waals surface area contributed by atoms with E-state index in [1.807, 2.05) is 65.2 Å². The number of aromatic nitrogens is 4. The first-order valence-electron chi connectivity index (χ1n) is 6.85. The van der Waals surface area contributed by atoms with Gasteiger partial charge in [-0.15, -0.1) is 10.2 Å². The molecular weight excluding hydrogens is 296 g/mol. The topological polar surface area (TPSA) is 43.6 Å². The maximum Gasteiger partial charge on any atom is 0.161 e. The number of hydrogen-bond donors (Lipinski definition) is 0. The number of imidazole rings is 1. The van der Waals surface area contributed by atoms with E-state index in [4.69, 9.17) is 16.6 Å². The van der Waals surface area contributed by atoms with Crippen LogP contribution in [0.5, 0.6) is 0 Å². The Morgan fingerprint density at radius 2 is 1.55 bits per heavy atom. The molecule has 2 heterocycles. The molecule has 0 saturated heterocycles. The zero-order valence-corrected chi connectivity index (χ0v) is 12.3. The van der Waals surface area contributed by atoms with Crippen molar-refractivity contribution in [2.75, 3.05) is 0 Å². The summed E-state index contributed by atoms with van der Waals surface area (Å²) in [5.74, 6) is 1.52. The summed E-state index contributed by atoms with van der Waals surface area (Å²) in [7, 11) is 0. The number of nitrogens with zero attached hydrogens (tertiary/aromatic N) is 4. The minimum atomic E-state index is 0.370. The monoisotopic (exact) mass is 306 g/mol. The van der Waals surface area contributed by atoms with Crippen LogP contribution in [0.25, 0.3) is 28.2 Å². The molecule has 2 aromatic heterocycles. The first-order chi connectivity index (χ1) is 10.8. The van der Waals surface area contributed by atoms with Gasteiger partial charge in [0.1, 0.15) is 5.82 Å². The van der Waals surface area contributed by atoms with E-state index >= 15 is 0 Å². The third kappa shape index (κ3) is 2.14. The second-order valence-corrected chi connectivity index (χ2v) is 5.23. The Hall–Kier alpha value is -2.72. The molecule has 0 unspecified atom stereocenters. The van der Waals surface area contributed by atoms with Crippen molar-refractivity contribution in [3.8, 4) is 17.2 Å². The number of rotatable bonds is 2. The number of benzene rings is 2. The normalized spacial score (nSPS) is 11.0. The third-order valence-electron chi connectivity index (χ3n) is 3.44. The van der Waals surface area contributed by atoms with Gasteiger partial charge in [-0.05, 0) is 24.3 Å². The molecular formula is C17H11ClN4. The SMILES string of the molecule is Clc1ccc(-n2c(-c3ccccc3)nc3ccccc32)nn1. The van der Waals surface area contributed by atoms with Gasteiger partial charge < -0.3 is 0 Å². The van der Waals surface area contributed by atoms with E-state index in [-0.39, 0.29) is 0 Å². The van der Waals surface area contributed by atoms with Crippen molar-refractivity contribution in [3.05, 3.63) is 71.9 Å². The van der Waals surface area contributed by atoms with E-state index in [9.17, 15) is 0 Å². The second-order valence-electron chi connectivity index (χ2n) is 4.84. The van der Waals surface area contributed by atoms with Crippen molar-refractivity contribution in [2.45, 2.75) is 0 Å². The molecule has 0 aliphatic rings. The first-order valence-corrected chi connectivity index (χ1v) is 7.23. The molecule has 0 N–H and O–H groups in total. The lowest BCUT2D eigenvalue weighted by Crippen LogP contribution is -2.01. The zero-order chi connectivity index (χ0) is 14.9. The van der Waals surface area contributed by atoms with Gasteiger partial charge in [0, 0.05) is 5.56 Å². The van der Waals surface area contributed by atoms with Crippen molar-refractivity contribution in [3.63, 3.8) is 0 Å². The van der Waals surface area contributed by atoms with Crippen molar-refractivity contribution >= 4 is 22.6 Å². The lowest BCUT2D eigenvalue weighted by molar-refractivity contribution is 0.934. The van der Waals surface area contributed by atoms with Crippen LogP contribution in [0.2, 0.25) is 5.15 Å². The maximum absolute atomic E-state index is 5.85. The zero-order valence-electron chi connectivity index (χ0n) is 11.5. The van der Waals surface area contributed by atoms with Crippen molar-refractivity contribution < 1.29 is 0 Å². The van der Waals surface area contributed by atoms with Crippen molar-refractivity contribution in [1.29, 1.82) is 0 Å². The molecule has 5 heteroatoms. The maximum atomic E-state index is 5.85. The third-order valence-corrected chi connectivity index (χ3v) is 3.64. The molecule has 4 nitrogen and oxygen atoms in total. The van der Waals surface area contributed by atoms with Crippen molar-refractivity contribution in [1.82, 2.24) is 19.7 Å². The van der Waals surface area contributed by atoms with Gasteiger partial charge in [-0.2, -0.15) is 0 Å². The average Bonchev–Trinajstić information content (AvgIpc) is 2.96. The van der Waals surface area contributed by atoms with E-state index in [2.05, 4.69) is 10.2 Å². The highest BCUT2D eigenvalue weighted by Gasteiger charge is 2.14. The summed E-state index contributed by atoms with van der Waals surface area (Å²) in [5.41, 5.74) is 2.92. The molecule has 2 aromatic carbocycles. The van der Waals surface area contributed by atoms with Crippen molar-refractivity contribution in [2.24, 2.45) is 0 Å². The van der Waals surface area contributed by atoms with Crippen LogP contribution in [-0.2, 0) is 0 Å². The number of hydrogen-bond acceptors (Lipinski definition) is 3. The minimum Gasteiger partial charge on any atom is -0.275 e. The summed E-state index contributed by atoms with van der Waals surface area (Å²) in [4.78, 5) is 4.74. The fourth-order valence-electron chi connectivity index (χ4n) is 2.47.